The second-order valence-electron chi connectivity index (χ2n) is 3.50. The molecule has 3 nitrogen and oxygen atoms in total. The van der Waals surface area contributed by atoms with Crippen molar-refractivity contribution in [2.45, 2.75) is 17.1 Å². The summed E-state index contributed by atoms with van der Waals surface area (Å²) in [5.74, 6) is -0.357. The number of Topliss-reactive ketones (excluding diaryl/α,β-unsaturated/α-hetero) is 1. The number of hydrogen-bond acceptors (Lipinski definition) is 3. The highest BCUT2D eigenvalue weighted by Crippen LogP contribution is 2.18. The molecular weight excluding hydrogens is 339 g/mol. The van der Waals surface area contributed by atoms with Gasteiger partial charge < -0.3 is 0 Å². The Morgan fingerprint density at radius 3 is 2.56 bits per heavy atom. The first kappa shape index (κ1) is 13.6. The zero-order valence-corrected chi connectivity index (χ0v) is 12.1. The number of ketones is 1. The molecule has 0 aliphatic rings. The molecular formula is C11H13IO3S. The van der Waals surface area contributed by atoms with Crippen LogP contribution in [0.2, 0.25) is 0 Å². The Kier molecular flexibility index (Phi) is 4.49. The van der Waals surface area contributed by atoms with E-state index in [2.05, 4.69) is 0 Å². The maximum Gasteiger partial charge on any atom is 0.190 e. The summed E-state index contributed by atoms with van der Waals surface area (Å²) in [6.07, 6.45) is 0. The van der Waals surface area contributed by atoms with Gasteiger partial charge in [-0.3, -0.25) is 4.79 Å². The standard InChI is InChI=1S/C11H13IO3S/c1-3-16(14,15)11(12)10(13)9-6-4-5-8(2)7-9/h4-7,11H,3H2,1-2H3. The van der Waals surface area contributed by atoms with Gasteiger partial charge in [-0.1, -0.05) is 53.3 Å². The summed E-state index contributed by atoms with van der Waals surface area (Å²) in [6.45, 7) is 3.41. The Morgan fingerprint density at radius 2 is 2.06 bits per heavy atom. The molecule has 1 atom stereocenters. The molecule has 0 saturated heterocycles. The summed E-state index contributed by atoms with van der Waals surface area (Å²) in [7, 11) is -3.32. The predicted octanol–water partition coefficient (Wildman–Crippen LogP) is 2.37. The first-order valence-corrected chi connectivity index (χ1v) is 7.81. The quantitative estimate of drug-likeness (QED) is 0.475. The molecule has 0 radical (unpaired) electrons. The highest BCUT2D eigenvalue weighted by Gasteiger charge is 2.28. The Balaban J connectivity index is 3.04. The van der Waals surface area contributed by atoms with Crippen molar-refractivity contribution in [1.82, 2.24) is 0 Å². The highest BCUT2D eigenvalue weighted by atomic mass is 127. The molecule has 0 aliphatic carbocycles. The Bertz CT molecular complexity index is 494. The fraction of sp³-hybridized carbons (Fsp3) is 0.364. The summed E-state index contributed by atoms with van der Waals surface area (Å²) >= 11 is 1.69. The number of halogens is 1. The van der Waals surface area contributed by atoms with Crippen LogP contribution in [0.1, 0.15) is 22.8 Å². The zero-order valence-electron chi connectivity index (χ0n) is 9.10. The van der Waals surface area contributed by atoms with E-state index in [4.69, 9.17) is 0 Å². The minimum atomic E-state index is -3.32. The summed E-state index contributed by atoms with van der Waals surface area (Å²) in [5, 5.41) is 0. The van der Waals surface area contributed by atoms with Crippen molar-refractivity contribution in [2.75, 3.05) is 5.75 Å². The number of carbonyl (C=O) groups excluding carboxylic acids is 1. The van der Waals surface area contributed by atoms with E-state index < -0.39 is 13.1 Å². The monoisotopic (exact) mass is 352 g/mol. The van der Waals surface area contributed by atoms with Gasteiger partial charge in [-0.05, 0) is 13.0 Å². The lowest BCUT2D eigenvalue weighted by atomic mass is 10.1. The Labute approximate surface area is 109 Å². The average Bonchev–Trinajstić information content (AvgIpc) is 2.27. The van der Waals surface area contributed by atoms with Crippen LogP contribution >= 0.6 is 22.6 Å². The van der Waals surface area contributed by atoms with Gasteiger partial charge in [0.1, 0.15) is 0 Å². The zero-order chi connectivity index (χ0) is 12.3. The molecule has 0 heterocycles. The number of benzene rings is 1. The predicted molar refractivity (Wildman–Crippen MR) is 72.8 cm³/mol. The largest absolute Gasteiger partial charge is 0.292 e. The van der Waals surface area contributed by atoms with E-state index >= 15 is 0 Å². The average molecular weight is 352 g/mol. The van der Waals surface area contributed by atoms with Gasteiger partial charge in [-0.25, -0.2) is 8.42 Å². The Morgan fingerprint density at radius 1 is 1.44 bits per heavy atom. The van der Waals surface area contributed by atoms with E-state index in [0.717, 1.165) is 5.56 Å². The van der Waals surface area contributed by atoms with Gasteiger partial charge in [0.05, 0.1) is 0 Å². The van der Waals surface area contributed by atoms with Crippen LogP contribution in [0.15, 0.2) is 24.3 Å². The van der Waals surface area contributed by atoms with Crippen molar-refractivity contribution in [3.05, 3.63) is 35.4 Å². The van der Waals surface area contributed by atoms with E-state index in [1.165, 1.54) is 0 Å². The molecule has 0 amide bonds. The van der Waals surface area contributed by atoms with Crippen LogP contribution in [0, 0.1) is 6.92 Å². The third-order valence-electron chi connectivity index (χ3n) is 2.23. The maximum absolute atomic E-state index is 11.9. The number of aryl methyl sites for hydroxylation is 1. The number of sulfone groups is 1. The lowest BCUT2D eigenvalue weighted by Gasteiger charge is -2.09. The van der Waals surface area contributed by atoms with Gasteiger partial charge in [0, 0.05) is 11.3 Å². The van der Waals surface area contributed by atoms with Gasteiger partial charge in [-0.2, -0.15) is 0 Å². The minimum Gasteiger partial charge on any atom is -0.292 e. The first-order chi connectivity index (χ1) is 7.38. The van der Waals surface area contributed by atoms with E-state index in [0.29, 0.717) is 5.56 Å². The lowest BCUT2D eigenvalue weighted by molar-refractivity contribution is 0.101. The number of rotatable bonds is 4. The van der Waals surface area contributed by atoms with Gasteiger partial charge in [0.25, 0.3) is 0 Å². The van der Waals surface area contributed by atoms with Gasteiger partial charge in [0.15, 0.2) is 18.9 Å². The molecule has 0 aromatic heterocycles. The fourth-order valence-corrected chi connectivity index (χ4v) is 3.43. The maximum atomic E-state index is 11.9. The molecule has 0 fully saturated rings. The summed E-state index contributed by atoms with van der Waals surface area (Å²) < 4.78 is 22.2. The summed E-state index contributed by atoms with van der Waals surface area (Å²) in [6, 6.07) is 6.98. The smallest absolute Gasteiger partial charge is 0.190 e. The first-order valence-electron chi connectivity index (χ1n) is 4.85. The van der Waals surface area contributed by atoms with Gasteiger partial charge in [-0.15, -0.1) is 0 Å². The molecule has 0 bridgehead atoms. The molecule has 0 aliphatic heterocycles. The third kappa shape index (κ3) is 3.04. The van der Waals surface area contributed by atoms with Crippen LogP contribution in [0.5, 0.6) is 0 Å². The third-order valence-corrected chi connectivity index (χ3v) is 6.77. The van der Waals surface area contributed by atoms with Crippen LogP contribution in [-0.2, 0) is 9.84 Å². The van der Waals surface area contributed by atoms with Crippen LogP contribution in [0.4, 0.5) is 0 Å². The molecule has 1 aromatic carbocycles. The summed E-state index contributed by atoms with van der Waals surface area (Å²) in [5.41, 5.74) is 1.40. The van der Waals surface area contributed by atoms with E-state index in [1.54, 1.807) is 47.7 Å². The topological polar surface area (TPSA) is 51.2 Å². The van der Waals surface area contributed by atoms with E-state index in [-0.39, 0.29) is 11.5 Å². The normalized spacial score (nSPS) is 13.4. The molecule has 1 aromatic rings. The number of alkyl halides is 1. The second-order valence-corrected chi connectivity index (χ2v) is 7.97. The molecule has 0 spiro atoms. The molecule has 16 heavy (non-hydrogen) atoms. The van der Waals surface area contributed by atoms with Crippen LogP contribution in [-0.4, -0.2) is 23.2 Å². The van der Waals surface area contributed by atoms with Crippen molar-refractivity contribution in [3.63, 3.8) is 0 Å². The van der Waals surface area contributed by atoms with Crippen molar-refractivity contribution < 1.29 is 13.2 Å². The van der Waals surface area contributed by atoms with Crippen molar-refractivity contribution in [1.29, 1.82) is 0 Å². The molecule has 5 heteroatoms. The fourth-order valence-electron chi connectivity index (χ4n) is 1.24. The number of hydrogen-bond donors (Lipinski definition) is 0. The highest BCUT2D eigenvalue weighted by molar-refractivity contribution is 14.1. The van der Waals surface area contributed by atoms with Crippen LogP contribution in [0.25, 0.3) is 0 Å². The molecule has 1 unspecified atom stereocenters. The number of carbonyl (C=O) groups is 1. The second kappa shape index (κ2) is 5.27. The Hall–Kier alpha value is -0.430. The SMILES string of the molecule is CCS(=O)(=O)C(I)C(=O)c1cccc(C)c1. The van der Waals surface area contributed by atoms with Crippen LogP contribution < -0.4 is 0 Å². The van der Waals surface area contributed by atoms with Crippen molar-refractivity contribution in [2.24, 2.45) is 0 Å². The lowest BCUT2D eigenvalue weighted by Crippen LogP contribution is -2.25. The van der Waals surface area contributed by atoms with E-state index in [9.17, 15) is 13.2 Å². The molecule has 1 rings (SSSR count). The molecule has 0 saturated carbocycles. The van der Waals surface area contributed by atoms with Crippen LogP contribution in [0.3, 0.4) is 0 Å². The molecule has 0 N–H and O–H groups in total. The minimum absolute atomic E-state index is 0.0157. The van der Waals surface area contributed by atoms with E-state index in [1.807, 2.05) is 13.0 Å². The van der Waals surface area contributed by atoms with Gasteiger partial charge in [0.2, 0.25) is 0 Å². The van der Waals surface area contributed by atoms with Crippen molar-refractivity contribution >= 4 is 38.2 Å². The van der Waals surface area contributed by atoms with Crippen molar-refractivity contribution in [3.8, 4) is 0 Å². The summed E-state index contributed by atoms with van der Waals surface area (Å²) in [4.78, 5) is 11.9. The molecule has 88 valence electrons. The van der Waals surface area contributed by atoms with Gasteiger partial charge >= 0.3 is 0 Å².